The molecule has 0 bridgehead atoms. The average Bonchev–Trinajstić information content (AvgIpc) is 2.74. The smallest absolute Gasteiger partial charge is 0.375 e. The Labute approximate surface area is 173 Å². The van der Waals surface area contributed by atoms with Crippen LogP contribution in [0.15, 0.2) is 57.7 Å². The number of fused-ring (bicyclic) bond motifs is 1. The number of carbonyl (C=O) groups excluding carboxylic acids is 2. The SMILES string of the molecule is CCOC(=O)c1oc2cc(OC(C)C(=O)OCC)ccc2c(=O)c1-c1ccccc1. The summed E-state index contributed by atoms with van der Waals surface area (Å²) in [6.07, 6.45) is -0.845. The molecule has 7 nitrogen and oxygen atoms in total. The summed E-state index contributed by atoms with van der Waals surface area (Å²) >= 11 is 0. The normalized spacial score (nSPS) is 11.7. The summed E-state index contributed by atoms with van der Waals surface area (Å²) in [4.78, 5) is 37.5. The van der Waals surface area contributed by atoms with Crippen LogP contribution in [0.1, 0.15) is 31.3 Å². The van der Waals surface area contributed by atoms with Gasteiger partial charge >= 0.3 is 11.9 Å². The Balaban J connectivity index is 2.11. The molecule has 1 unspecified atom stereocenters. The zero-order chi connectivity index (χ0) is 21.7. The molecule has 0 N–H and O–H groups in total. The molecule has 2 aromatic carbocycles. The highest BCUT2D eigenvalue weighted by Crippen LogP contribution is 2.28. The van der Waals surface area contributed by atoms with Gasteiger partial charge in [-0.3, -0.25) is 4.79 Å². The van der Waals surface area contributed by atoms with Crippen molar-refractivity contribution in [3.63, 3.8) is 0 Å². The van der Waals surface area contributed by atoms with E-state index in [1.54, 1.807) is 51.1 Å². The summed E-state index contributed by atoms with van der Waals surface area (Å²) < 4.78 is 21.4. The molecule has 0 aliphatic rings. The molecule has 0 aliphatic carbocycles. The number of carbonyl (C=O) groups is 2. The zero-order valence-corrected chi connectivity index (χ0v) is 17.0. The summed E-state index contributed by atoms with van der Waals surface area (Å²) in [6, 6.07) is 13.3. The lowest BCUT2D eigenvalue weighted by atomic mass is 10.0. The second kappa shape index (κ2) is 9.26. The molecule has 1 aromatic heterocycles. The van der Waals surface area contributed by atoms with Gasteiger partial charge in [0.2, 0.25) is 11.2 Å². The highest BCUT2D eigenvalue weighted by atomic mass is 16.6. The molecular formula is C23H22O7. The topological polar surface area (TPSA) is 92.0 Å². The first-order valence-electron chi connectivity index (χ1n) is 9.63. The van der Waals surface area contributed by atoms with Gasteiger partial charge in [-0.1, -0.05) is 30.3 Å². The molecule has 0 amide bonds. The Hall–Kier alpha value is -3.61. The number of rotatable bonds is 7. The number of hydrogen-bond donors (Lipinski definition) is 0. The van der Waals surface area contributed by atoms with E-state index in [-0.39, 0.29) is 40.9 Å². The quantitative estimate of drug-likeness (QED) is 0.544. The van der Waals surface area contributed by atoms with Gasteiger partial charge in [-0.15, -0.1) is 0 Å². The largest absolute Gasteiger partial charge is 0.479 e. The number of esters is 2. The van der Waals surface area contributed by atoms with Crippen LogP contribution in [-0.2, 0) is 14.3 Å². The first kappa shape index (κ1) is 21.1. The highest BCUT2D eigenvalue weighted by Gasteiger charge is 2.23. The molecule has 3 aromatic rings. The fourth-order valence-electron chi connectivity index (χ4n) is 2.97. The fraction of sp³-hybridized carbons (Fsp3) is 0.261. The van der Waals surface area contributed by atoms with Crippen LogP contribution in [0.4, 0.5) is 0 Å². The maximum absolute atomic E-state index is 13.2. The van der Waals surface area contributed by atoms with Gasteiger partial charge in [0.05, 0.1) is 24.2 Å². The molecule has 0 aliphatic heterocycles. The molecule has 1 atom stereocenters. The van der Waals surface area contributed by atoms with E-state index >= 15 is 0 Å². The first-order chi connectivity index (χ1) is 14.5. The van der Waals surface area contributed by atoms with Crippen LogP contribution in [0.25, 0.3) is 22.1 Å². The van der Waals surface area contributed by atoms with Crippen LogP contribution in [0.3, 0.4) is 0 Å². The van der Waals surface area contributed by atoms with Crippen molar-refractivity contribution >= 4 is 22.9 Å². The van der Waals surface area contributed by atoms with Crippen LogP contribution in [-0.4, -0.2) is 31.3 Å². The molecule has 3 rings (SSSR count). The molecule has 0 radical (unpaired) electrons. The van der Waals surface area contributed by atoms with E-state index in [0.717, 1.165) is 0 Å². The van der Waals surface area contributed by atoms with Crippen LogP contribution >= 0.6 is 0 Å². The van der Waals surface area contributed by atoms with Crippen molar-refractivity contribution in [3.8, 4) is 16.9 Å². The monoisotopic (exact) mass is 410 g/mol. The van der Waals surface area contributed by atoms with Crippen LogP contribution in [0.2, 0.25) is 0 Å². The molecule has 156 valence electrons. The standard InChI is InChI=1S/C23H22O7/c1-4-27-22(25)14(3)29-16-11-12-17-18(13-16)30-21(23(26)28-5-2)19(20(17)24)15-9-7-6-8-10-15/h6-14H,4-5H2,1-3H3. The predicted octanol–water partition coefficient (Wildman–Crippen LogP) is 3.97. The lowest BCUT2D eigenvalue weighted by Crippen LogP contribution is -2.26. The minimum Gasteiger partial charge on any atom is -0.479 e. The second-order valence-corrected chi connectivity index (χ2v) is 6.39. The van der Waals surface area contributed by atoms with Crippen LogP contribution in [0, 0.1) is 0 Å². The first-order valence-corrected chi connectivity index (χ1v) is 9.63. The molecule has 0 fully saturated rings. The molecule has 0 saturated carbocycles. The zero-order valence-electron chi connectivity index (χ0n) is 17.0. The number of ether oxygens (including phenoxy) is 3. The van der Waals surface area contributed by atoms with Gasteiger partial charge in [-0.25, -0.2) is 9.59 Å². The van der Waals surface area contributed by atoms with E-state index in [0.29, 0.717) is 11.3 Å². The van der Waals surface area contributed by atoms with Crippen molar-refractivity contribution < 1.29 is 28.2 Å². The Morgan fingerprint density at radius 2 is 1.70 bits per heavy atom. The molecule has 30 heavy (non-hydrogen) atoms. The van der Waals surface area contributed by atoms with E-state index < -0.39 is 18.0 Å². The number of hydrogen-bond acceptors (Lipinski definition) is 7. The fourth-order valence-corrected chi connectivity index (χ4v) is 2.97. The third-order valence-corrected chi connectivity index (χ3v) is 4.32. The van der Waals surface area contributed by atoms with E-state index in [1.165, 1.54) is 12.1 Å². The van der Waals surface area contributed by atoms with Crippen LogP contribution < -0.4 is 10.2 Å². The second-order valence-electron chi connectivity index (χ2n) is 6.39. The Kier molecular flexibility index (Phi) is 6.51. The van der Waals surface area contributed by atoms with Crippen molar-refractivity contribution in [1.82, 2.24) is 0 Å². The predicted molar refractivity (Wildman–Crippen MR) is 111 cm³/mol. The van der Waals surface area contributed by atoms with E-state index in [2.05, 4.69) is 0 Å². The summed E-state index contributed by atoms with van der Waals surface area (Å²) in [5.41, 5.74) is 0.467. The maximum atomic E-state index is 13.2. The Bertz CT molecular complexity index is 1120. The van der Waals surface area contributed by atoms with Crippen molar-refractivity contribution in [2.24, 2.45) is 0 Å². The minimum absolute atomic E-state index is 0.134. The molecule has 1 heterocycles. The van der Waals surface area contributed by atoms with Gasteiger partial charge in [0, 0.05) is 6.07 Å². The van der Waals surface area contributed by atoms with Gasteiger partial charge in [-0.2, -0.15) is 0 Å². The summed E-state index contributed by atoms with van der Waals surface area (Å²) in [6.45, 7) is 5.30. The third-order valence-electron chi connectivity index (χ3n) is 4.32. The van der Waals surface area contributed by atoms with Gasteiger partial charge in [0.25, 0.3) is 0 Å². The highest BCUT2D eigenvalue weighted by molar-refractivity contribution is 5.97. The summed E-state index contributed by atoms with van der Waals surface area (Å²) in [5, 5.41) is 0.276. The van der Waals surface area contributed by atoms with Crippen molar-refractivity contribution in [1.29, 1.82) is 0 Å². The molecule has 7 heteroatoms. The average molecular weight is 410 g/mol. The van der Waals surface area contributed by atoms with Gasteiger partial charge in [-0.05, 0) is 38.5 Å². The summed E-state index contributed by atoms with van der Waals surface area (Å²) in [7, 11) is 0. The molecule has 0 spiro atoms. The lowest BCUT2D eigenvalue weighted by Gasteiger charge is -2.14. The van der Waals surface area contributed by atoms with Crippen molar-refractivity contribution in [3.05, 3.63) is 64.5 Å². The van der Waals surface area contributed by atoms with Crippen molar-refractivity contribution in [2.45, 2.75) is 26.9 Å². The van der Waals surface area contributed by atoms with E-state index in [1.807, 2.05) is 6.07 Å². The van der Waals surface area contributed by atoms with Gasteiger partial charge < -0.3 is 18.6 Å². The van der Waals surface area contributed by atoms with E-state index in [9.17, 15) is 14.4 Å². The number of benzene rings is 2. The Morgan fingerprint density at radius 3 is 2.37 bits per heavy atom. The van der Waals surface area contributed by atoms with E-state index in [4.69, 9.17) is 18.6 Å². The maximum Gasteiger partial charge on any atom is 0.375 e. The molecule has 0 saturated heterocycles. The lowest BCUT2D eigenvalue weighted by molar-refractivity contribution is -0.150. The minimum atomic E-state index is -0.845. The van der Waals surface area contributed by atoms with Gasteiger partial charge in [0.1, 0.15) is 11.3 Å². The Morgan fingerprint density at radius 1 is 1.00 bits per heavy atom. The summed E-state index contributed by atoms with van der Waals surface area (Å²) in [5.74, 6) is -1.13. The van der Waals surface area contributed by atoms with Crippen LogP contribution in [0.5, 0.6) is 5.75 Å². The van der Waals surface area contributed by atoms with Gasteiger partial charge in [0.15, 0.2) is 6.10 Å². The molecular weight excluding hydrogens is 388 g/mol. The third kappa shape index (κ3) is 4.35. The van der Waals surface area contributed by atoms with Crippen molar-refractivity contribution in [2.75, 3.05) is 13.2 Å².